The summed E-state index contributed by atoms with van der Waals surface area (Å²) in [5, 5.41) is 12.2. The van der Waals surface area contributed by atoms with Crippen LogP contribution in [-0.4, -0.2) is 47.4 Å². The molecule has 6 heteroatoms. The van der Waals surface area contributed by atoms with Gasteiger partial charge in [-0.3, -0.25) is 14.4 Å². The minimum Gasteiger partial charge on any atom is -0.481 e. The van der Waals surface area contributed by atoms with Crippen molar-refractivity contribution in [1.29, 1.82) is 0 Å². The van der Waals surface area contributed by atoms with Gasteiger partial charge >= 0.3 is 5.97 Å². The number of aliphatic carboxylic acids is 1. The van der Waals surface area contributed by atoms with Gasteiger partial charge in [-0.1, -0.05) is 12.2 Å². The monoisotopic (exact) mass is 306 g/mol. The molecule has 1 heterocycles. The Morgan fingerprint density at radius 2 is 2.00 bits per heavy atom. The third-order valence-electron chi connectivity index (χ3n) is 5.12. The Hall–Kier alpha value is -1.85. The summed E-state index contributed by atoms with van der Waals surface area (Å²) >= 11 is 0. The molecule has 0 aromatic heterocycles. The first kappa shape index (κ1) is 15.1. The summed E-state index contributed by atoms with van der Waals surface area (Å²) in [6.07, 6.45) is 6.96. The summed E-state index contributed by atoms with van der Waals surface area (Å²) in [7, 11) is 0. The smallest absolute Gasteiger partial charge is 0.307 e. The van der Waals surface area contributed by atoms with E-state index in [-0.39, 0.29) is 23.7 Å². The Kier molecular flexibility index (Phi) is 4.18. The van der Waals surface area contributed by atoms with Crippen molar-refractivity contribution in [2.75, 3.05) is 19.6 Å². The van der Waals surface area contributed by atoms with E-state index in [4.69, 9.17) is 0 Å². The third-order valence-corrected chi connectivity index (χ3v) is 5.12. The molecular formula is C16H22N2O4. The number of likely N-dealkylation sites (tertiary alicyclic amines) is 1. The highest BCUT2D eigenvalue weighted by atomic mass is 16.4. The number of carbonyl (C=O) groups excluding carboxylic acids is 2. The average molecular weight is 306 g/mol. The van der Waals surface area contributed by atoms with E-state index < -0.39 is 17.8 Å². The molecule has 0 radical (unpaired) electrons. The maximum Gasteiger partial charge on any atom is 0.307 e. The molecule has 0 aromatic carbocycles. The van der Waals surface area contributed by atoms with E-state index in [9.17, 15) is 19.5 Å². The van der Waals surface area contributed by atoms with Crippen LogP contribution in [0.3, 0.4) is 0 Å². The second kappa shape index (κ2) is 6.10. The number of carboxylic acids is 1. The fourth-order valence-corrected chi connectivity index (χ4v) is 4.06. The van der Waals surface area contributed by atoms with Crippen molar-refractivity contribution >= 4 is 17.8 Å². The molecule has 120 valence electrons. The van der Waals surface area contributed by atoms with Crippen molar-refractivity contribution in [2.45, 2.75) is 25.7 Å². The molecule has 4 atom stereocenters. The Balaban J connectivity index is 1.46. The Labute approximate surface area is 129 Å². The number of nitrogens with zero attached hydrogens (tertiary/aromatic N) is 1. The van der Waals surface area contributed by atoms with Gasteiger partial charge in [-0.15, -0.1) is 0 Å². The van der Waals surface area contributed by atoms with E-state index in [1.807, 2.05) is 17.1 Å². The first-order chi connectivity index (χ1) is 10.6. The largest absolute Gasteiger partial charge is 0.481 e. The van der Waals surface area contributed by atoms with Crippen LogP contribution in [0.1, 0.15) is 25.7 Å². The molecule has 0 aromatic rings. The van der Waals surface area contributed by atoms with Crippen LogP contribution in [-0.2, 0) is 14.4 Å². The lowest BCUT2D eigenvalue weighted by Gasteiger charge is -2.24. The average Bonchev–Trinajstić information content (AvgIpc) is 3.18. The number of carboxylic acid groups (broad SMARTS) is 1. The predicted octanol–water partition coefficient (Wildman–Crippen LogP) is 0.638. The number of allylic oxidation sites excluding steroid dienone is 2. The highest BCUT2D eigenvalue weighted by Gasteiger charge is 2.51. The normalized spacial score (nSPS) is 32.7. The zero-order valence-electron chi connectivity index (χ0n) is 12.5. The molecule has 1 saturated carbocycles. The van der Waals surface area contributed by atoms with Crippen molar-refractivity contribution in [2.24, 2.45) is 23.7 Å². The fourth-order valence-electron chi connectivity index (χ4n) is 4.06. The number of hydrogen-bond donors (Lipinski definition) is 2. The van der Waals surface area contributed by atoms with Crippen molar-refractivity contribution in [1.82, 2.24) is 10.2 Å². The number of fused-ring (bicyclic) bond motifs is 2. The van der Waals surface area contributed by atoms with Gasteiger partial charge in [0.05, 0.1) is 11.8 Å². The zero-order valence-corrected chi connectivity index (χ0v) is 12.5. The summed E-state index contributed by atoms with van der Waals surface area (Å²) < 4.78 is 0. The number of carbonyl (C=O) groups is 3. The Morgan fingerprint density at radius 3 is 2.64 bits per heavy atom. The molecule has 6 nitrogen and oxygen atoms in total. The van der Waals surface area contributed by atoms with E-state index in [1.54, 1.807) is 0 Å². The molecule has 2 aliphatic carbocycles. The van der Waals surface area contributed by atoms with Crippen LogP contribution in [0.25, 0.3) is 0 Å². The molecule has 22 heavy (non-hydrogen) atoms. The lowest BCUT2D eigenvalue weighted by atomic mass is 9.82. The maximum absolute atomic E-state index is 12.3. The highest BCUT2D eigenvalue weighted by Crippen LogP contribution is 2.48. The lowest BCUT2D eigenvalue weighted by Crippen LogP contribution is -2.41. The lowest BCUT2D eigenvalue weighted by molar-refractivity contribution is -0.147. The van der Waals surface area contributed by atoms with Crippen molar-refractivity contribution in [3.8, 4) is 0 Å². The zero-order chi connectivity index (χ0) is 15.7. The third kappa shape index (κ3) is 2.74. The van der Waals surface area contributed by atoms with Gasteiger partial charge in [0.25, 0.3) is 0 Å². The molecule has 2 N–H and O–H groups in total. The van der Waals surface area contributed by atoms with Crippen molar-refractivity contribution in [3.05, 3.63) is 12.2 Å². The summed E-state index contributed by atoms with van der Waals surface area (Å²) in [6.45, 7) is 1.97. The Bertz CT molecular complexity index is 516. The highest BCUT2D eigenvalue weighted by molar-refractivity contribution is 5.86. The minimum absolute atomic E-state index is 0.000437. The van der Waals surface area contributed by atoms with Gasteiger partial charge in [-0.05, 0) is 31.1 Å². The molecule has 2 amide bonds. The van der Waals surface area contributed by atoms with Crippen LogP contribution in [0, 0.1) is 23.7 Å². The summed E-state index contributed by atoms with van der Waals surface area (Å²) in [4.78, 5) is 37.0. The van der Waals surface area contributed by atoms with Crippen LogP contribution in [0.2, 0.25) is 0 Å². The van der Waals surface area contributed by atoms with E-state index >= 15 is 0 Å². The van der Waals surface area contributed by atoms with E-state index in [1.165, 1.54) is 0 Å². The van der Waals surface area contributed by atoms with Crippen LogP contribution in [0.5, 0.6) is 0 Å². The molecule has 0 unspecified atom stereocenters. The first-order valence-electron chi connectivity index (χ1n) is 8.04. The molecule has 0 spiro atoms. The van der Waals surface area contributed by atoms with Gasteiger partial charge in [0.2, 0.25) is 11.8 Å². The molecule has 3 aliphatic rings. The van der Waals surface area contributed by atoms with Crippen LogP contribution < -0.4 is 5.32 Å². The number of amides is 2. The van der Waals surface area contributed by atoms with E-state index in [2.05, 4.69) is 5.32 Å². The van der Waals surface area contributed by atoms with Gasteiger partial charge in [-0.25, -0.2) is 0 Å². The molecule has 1 saturated heterocycles. The molecule has 3 rings (SSSR count). The minimum atomic E-state index is -0.875. The molecular weight excluding hydrogens is 284 g/mol. The van der Waals surface area contributed by atoms with Gasteiger partial charge in [-0.2, -0.15) is 0 Å². The first-order valence-corrected chi connectivity index (χ1v) is 8.04. The van der Waals surface area contributed by atoms with Crippen LogP contribution in [0.15, 0.2) is 12.2 Å². The standard InChI is InChI=1S/C16H22N2O4/c19-12-3-1-7-18(12)8-2-6-17-15(20)13-10-4-5-11(9-10)14(13)16(21)22/h4-5,10-11,13-14H,1-3,6-9H2,(H,17,20)(H,21,22)/t10-,11-,13-,14-/m0/s1. The quantitative estimate of drug-likeness (QED) is 0.557. The number of rotatable bonds is 6. The van der Waals surface area contributed by atoms with Gasteiger partial charge in [0, 0.05) is 26.1 Å². The fraction of sp³-hybridized carbons (Fsp3) is 0.688. The topological polar surface area (TPSA) is 86.7 Å². The van der Waals surface area contributed by atoms with E-state index in [0.29, 0.717) is 25.9 Å². The van der Waals surface area contributed by atoms with Gasteiger partial charge in [0.1, 0.15) is 0 Å². The molecule has 2 fully saturated rings. The van der Waals surface area contributed by atoms with Gasteiger partial charge in [0.15, 0.2) is 0 Å². The van der Waals surface area contributed by atoms with E-state index in [0.717, 1.165) is 19.4 Å². The summed E-state index contributed by atoms with van der Waals surface area (Å²) in [5.74, 6) is -1.81. The van der Waals surface area contributed by atoms with Crippen molar-refractivity contribution in [3.63, 3.8) is 0 Å². The SMILES string of the molecule is O=C(O)[C@@H]1[C@@H](C(=O)NCCCN2CCCC2=O)[C@H]2C=C[C@H]1C2. The second-order valence-corrected chi connectivity index (χ2v) is 6.47. The number of nitrogens with one attached hydrogen (secondary N) is 1. The maximum atomic E-state index is 12.3. The van der Waals surface area contributed by atoms with Gasteiger partial charge < -0.3 is 15.3 Å². The summed E-state index contributed by atoms with van der Waals surface area (Å²) in [6, 6.07) is 0. The predicted molar refractivity (Wildman–Crippen MR) is 78.8 cm³/mol. The second-order valence-electron chi connectivity index (χ2n) is 6.47. The van der Waals surface area contributed by atoms with Crippen LogP contribution >= 0.6 is 0 Å². The molecule has 1 aliphatic heterocycles. The summed E-state index contributed by atoms with van der Waals surface area (Å²) in [5.41, 5.74) is 0. The number of hydrogen-bond acceptors (Lipinski definition) is 3. The Morgan fingerprint density at radius 1 is 1.27 bits per heavy atom. The molecule has 2 bridgehead atoms. The van der Waals surface area contributed by atoms with Crippen LogP contribution in [0.4, 0.5) is 0 Å². The van der Waals surface area contributed by atoms with Crippen molar-refractivity contribution < 1.29 is 19.5 Å².